The van der Waals surface area contributed by atoms with Crippen molar-refractivity contribution in [3.8, 4) is 5.75 Å². The fourth-order valence-corrected chi connectivity index (χ4v) is 4.57. The maximum Gasteiger partial charge on any atom is 0.241 e. The van der Waals surface area contributed by atoms with Crippen molar-refractivity contribution in [2.75, 3.05) is 7.11 Å². The van der Waals surface area contributed by atoms with Gasteiger partial charge in [-0.2, -0.15) is 9.82 Å². The van der Waals surface area contributed by atoms with Crippen LogP contribution in [-0.4, -0.2) is 42.2 Å². The molecule has 0 bridgehead atoms. The molecule has 1 aliphatic carbocycles. The molecule has 29 heavy (non-hydrogen) atoms. The van der Waals surface area contributed by atoms with Crippen LogP contribution < -0.4 is 14.8 Å². The van der Waals surface area contributed by atoms with Crippen LogP contribution in [0.15, 0.2) is 29.2 Å². The minimum Gasteiger partial charge on any atom is -0.497 e. The van der Waals surface area contributed by atoms with Gasteiger partial charge in [0.05, 0.1) is 18.6 Å². The number of aromatic amines is 1. The number of carbonyl (C=O) groups is 1. The van der Waals surface area contributed by atoms with Gasteiger partial charge in [-0.3, -0.25) is 14.5 Å². The Morgan fingerprint density at radius 3 is 2.55 bits per heavy atom. The van der Waals surface area contributed by atoms with Gasteiger partial charge in [0.2, 0.25) is 15.9 Å². The Hall–Kier alpha value is -2.24. The van der Waals surface area contributed by atoms with E-state index < -0.39 is 22.0 Å². The summed E-state index contributed by atoms with van der Waals surface area (Å²) >= 11 is 5.24. The van der Waals surface area contributed by atoms with E-state index in [-0.39, 0.29) is 17.4 Å². The monoisotopic (exact) mass is 439 g/mol. The molecule has 1 heterocycles. The van der Waals surface area contributed by atoms with Crippen molar-refractivity contribution in [1.82, 2.24) is 24.8 Å². The molecule has 0 saturated heterocycles. The third-order valence-corrected chi connectivity index (χ3v) is 6.46. The Labute approximate surface area is 174 Å². The van der Waals surface area contributed by atoms with Gasteiger partial charge in [-0.15, -0.1) is 0 Å². The third kappa shape index (κ3) is 5.03. The van der Waals surface area contributed by atoms with Gasteiger partial charge in [0, 0.05) is 6.04 Å². The van der Waals surface area contributed by atoms with E-state index in [4.69, 9.17) is 17.0 Å². The molecule has 2 aromatic rings. The van der Waals surface area contributed by atoms with Crippen molar-refractivity contribution in [3.05, 3.63) is 34.9 Å². The van der Waals surface area contributed by atoms with Crippen LogP contribution in [0.1, 0.15) is 38.6 Å². The highest BCUT2D eigenvalue weighted by Crippen LogP contribution is 2.35. The first-order chi connectivity index (χ1) is 13.7. The van der Waals surface area contributed by atoms with E-state index in [9.17, 15) is 13.2 Å². The largest absolute Gasteiger partial charge is 0.497 e. The normalized spacial score (nSPS) is 15.3. The highest BCUT2D eigenvalue weighted by molar-refractivity contribution is 7.89. The third-order valence-electron chi connectivity index (χ3n) is 4.71. The molecule has 1 amide bonds. The lowest BCUT2D eigenvalue weighted by Crippen LogP contribution is -2.49. The van der Waals surface area contributed by atoms with Gasteiger partial charge >= 0.3 is 0 Å². The van der Waals surface area contributed by atoms with Crippen LogP contribution in [0.25, 0.3) is 0 Å². The van der Waals surface area contributed by atoms with E-state index in [1.54, 1.807) is 26.0 Å². The number of H-pyrrole nitrogens is 1. The van der Waals surface area contributed by atoms with Gasteiger partial charge in [-0.25, -0.2) is 8.42 Å². The van der Waals surface area contributed by atoms with Gasteiger partial charge < -0.3 is 10.1 Å². The molecule has 3 N–H and O–H groups in total. The van der Waals surface area contributed by atoms with Gasteiger partial charge in [0.25, 0.3) is 0 Å². The van der Waals surface area contributed by atoms with Crippen LogP contribution in [0, 0.1) is 10.7 Å². The lowest BCUT2D eigenvalue weighted by atomic mass is 10.1. The molecule has 0 aliphatic heterocycles. The van der Waals surface area contributed by atoms with Crippen molar-refractivity contribution in [2.45, 2.75) is 50.2 Å². The predicted octanol–water partition coefficient (Wildman–Crippen LogP) is 1.90. The van der Waals surface area contributed by atoms with Crippen LogP contribution in [-0.2, 0) is 21.4 Å². The maximum atomic E-state index is 12.7. The summed E-state index contributed by atoms with van der Waals surface area (Å²) in [5, 5.41) is 9.69. The van der Waals surface area contributed by atoms with E-state index in [0.717, 1.165) is 12.8 Å². The molecule has 1 aliphatic rings. The molecular formula is C18H25N5O4S2. The summed E-state index contributed by atoms with van der Waals surface area (Å²) in [5.41, 5.74) is 0. The van der Waals surface area contributed by atoms with E-state index in [1.165, 1.54) is 19.2 Å². The fourth-order valence-electron chi connectivity index (χ4n) is 2.93. The lowest BCUT2D eigenvalue weighted by Gasteiger charge is -2.21. The van der Waals surface area contributed by atoms with Crippen molar-refractivity contribution in [2.24, 2.45) is 5.92 Å². The molecule has 9 nitrogen and oxygen atoms in total. The second-order valence-corrected chi connectivity index (χ2v) is 9.38. The van der Waals surface area contributed by atoms with Gasteiger partial charge in [-0.1, -0.05) is 13.8 Å². The number of amides is 1. The van der Waals surface area contributed by atoms with Crippen LogP contribution in [0.4, 0.5) is 0 Å². The van der Waals surface area contributed by atoms with Crippen LogP contribution in [0.2, 0.25) is 0 Å². The van der Waals surface area contributed by atoms with Crippen molar-refractivity contribution in [1.29, 1.82) is 0 Å². The summed E-state index contributed by atoms with van der Waals surface area (Å²) in [6, 6.07) is 5.37. The first-order valence-electron chi connectivity index (χ1n) is 9.33. The molecule has 1 aromatic carbocycles. The summed E-state index contributed by atoms with van der Waals surface area (Å²) in [6.45, 7) is 3.72. The molecule has 0 unspecified atom stereocenters. The Balaban J connectivity index is 1.70. The quantitative estimate of drug-likeness (QED) is 0.514. The number of benzene rings is 1. The molecule has 3 rings (SSSR count). The first kappa shape index (κ1) is 21.5. The number of nitrogens with one attached hydrogen (secondary N) is 3. The molecule has 0 radical (unpaired) electrons. The minimum atomic E-state index is -3.88. The maximum absolute atomic E-state index is 12.7. The number of rotatable bonds is 9. The molecule has 1 saturated carbocycles. The summed E-state index contributed by atoms with van der Waals surface area (Å²) in [7, 11) is -2.37. The molecule has 1 atom stereocenters. The zero-order valence-corrected chi connectivity index (χ0v) is 18.1. The topological polar surface area (TPSA) is 118 Å². The van der Waals surface area contributed by atoms with Crippen LogP contribution >= 0.6 is 12.2 Å². The van der Waals surface area contributed by atoms with Crippen molar-refractivity contribution < 1.29 is 17.9 Å². The van der Waals surface area contributed by atoms with E-state index in [0.29, 0.717) is 22.4 Å². The molecular weight excluding hydrogens is 414 g/mol. The zero-order valence-electron chi connectivity index (χ0n) is 16.5. The Bertz CT molecular complexity index is 1020. The van der Waals surface area contributed by atoms with Crippen molar-refractivity contribution in [3.63, 3.8) is 0 Å². The van der Waals surface area contributed by atoms with E-state index in [1.807, 2.05) is 4.57 Å². The summed E-state index contributed by atoms with van der Waals surface area (Å²) in [6.07, 6.45) is 2.07. The Morgan fingerprint density at radius 1 is 1.34 bits per heavy atom. The summed E-state index contributed by atoms with van der Waals surface area (Å²) in [5.74, 6) is 0.498. The number of aromatic nitrogens is 3. The standard InChI is InChI=1S/C18H25N5O4S2/c1-11(2)16(22-29(25,26)14-8-6-13(27-3)7-9-14)17(24)19-10-15-20-21-18(28)23(15)12-4-5-12/h6-9,11-12,16,22H,4-5,10H2,1-3H3,(H,19,24)(H,21,28)/t16-/m0/s1. The second-order valence-electron chi connectivity index (χ2n) is 7.28. The van der Waals surface area contributed by atoms with E-state index in [2.05, 4.69) is 20.2 Å². The Kier molecular flexibility index (Phi) is 6.39. The summed E-state index contributed by atoms with van der Waals surface area (Å²) in [4.78, 5) is 12.8. The number of ether oxygens (including phenoxy) is 1. The van der Waals surface area contributed by atoms with Gasteiger partial charge in [-0.05, 0) is 55.2 Å². The molecule has 1 fully saturated rings. The fraction of sp³-hybridized carbons (Fsp3) is 0.500. The lowest BCUT2D eigenvalue weighted by molar-refractivity contribution is -0.123. The van der Waals surface area contributed by atoms with Crippen LogP contribution in [0.5, 0.6) is 5.75 Å². The smallest absolute Gasteiger partial charge is 0.241 e. The minimum absolute atomic E-state index is 0.0615. The molecule has 158 valence electrons. The number of carbonyl (C=O) groups excluding carboxylic acids is 1. The van der Waals surface area contributed by atoms with Gasteiger partial charge in [0.1, 0.15) is 11.8 Å². The highest BCUT2D eigenvalue weighted by Gasteiger charge is 2.30. The van der Waals surface area contributed by atoms with Crippen LogP contribution in [0.3, 0.4) is 0 Å². The second kappa shape index (κ2) is 8.64. The Morgan fingerprint density at radius 2 is 2.00 bits per heavy atom. The number of sulfonamides is 1. The number of hydrogen-bond donors (Lipinski definition) is 3. The average Bonchev–Trinajstić information content (AvgIpc) is 3.46. The summed E-state index contributed by atoms with van der Waals surface area (Å²) < 4.78 is 35.4. The van der Waals surface area contributed by atoms with Crippen molar-refractivity contribution >= 4 is 28.1 Å². The predicted molar refractivity (Wildman–Crippen MR) is 109 cm³/mol. The average molecular weight is 440 g/mol. The first-order valence-corrected chi connectivity index (χ1v) is 11.2. The SMILES string of the molecule is COc1ccc(S(=O)(=O)N[C@H](C(=O)NCc2n[nH]c(=S)n2C2CC2)C(C)C)cc1. The van der Waals surface area contributed by atoms with Gasteiger partial charge in [0.15, 0.2) is 10.6 Å². The van der Waals surface area contributed by atoms with E-state index >= 15 is 0 Å². The molecule has 1 aromatic heterocycles. The zero-order chi connectivity index (χ0) is 21.2. The number of nitrogens with zero attached hydrogens (tertiary/aromatic N) is 2. The molecule has 11 heteroatoms. The number of hydrogen-bond acceptors (Lipinski definition) is 6. The number of methoxy groups -OCH3 is 1. The highest BCUT2D eigenvalue weighted by atomic mass is 32.2. The molecule has 0 spiro atoms.